The van der Waals surface area contributed by atoms with E-state index >= 15 is 0 Å². The molecule has 0 bridgehead atoms. The van der Waals surface area contributed by atoms with Crippen LogP contribution in [0.2, 0.25) is 0 Å². The van der Waals surface area contributed by atoms with Crippen molar-refractivity contribution in [1.82, 2.24) is 4.90 Å². The SMILES string of the molecule is C=CN(C[C@H]1CC(OCC)[C@@H](CO)O1)C(=NC(C)=NC(=C)C(C)C)C(N)=C(N)OC(=O)CN(c1ccccc1)c1ccccc1. The highest BCUT2D eigenvalue weighted by Crippen LogP contribution is 2.26. The number of aliphatic hydroxyl groups is 1. The van der Waals surface area contributed by atoms with E-state index in [1.165, 1.54) is 6.20 Å². The van der Waals surface area contributed by atoms with Gasteiger partial charge in [0.1, 0.15) is 24.2 Å². The second-order valence-corrected chi connectivity index (χ2v) is 10.8. The van der Waals surface area contributed by atoms with Gasteiger partial charge in [-0.2, -0.15) is 0 Å². The number of benzene rings is 2. The van der Waals surface area contributed by atoms with E-state index in [0.29, 0.717) is 24.6 Å². The summed E-state index contributed by atoms with van der Waals surface area (Å²) >= 11 is 0. The minimum absolute atomic E-state index is 0.0861. The van der Waals surface area contributed by atoms with Crippen LogP contribution in [0.25, 0.3) is 0 Å². The van der Waals surface area contributed by atoms with Gasteiger partial charge in [0, 0.05) is 30.1 Å². The third kappa shape index (κ3) is 10.0. The first-order chi connectivity index (χ1) is 21.6. The standard InChI is InChI=1S/C34H46N6O5/c1-7-39(20-28-19-29(43-8-2)30(22-41)44-28)34(38-25(6)37-24(5)23(3)4)32(35)33(36)45-31(42)21-40(26-15-11-9-12-16-26)27-17-13-10-14-18-27/h7,9-18,23,28-30,41H,1,5,8,19-22,35-36H2,2-4,6H3/t28-,29?,30-/m1/s1. The Morgan fingerprint density at radius 3 is 2.22 bits per heavy atom. The molecule has 3 atom stereocenters. The first-order valence-corrected chi connectivity index (χ1v) is 15.0. The van der Waals surface area contributed by atoms with Crippen molar-refractivity contribution in [1.29, 1.82) is 0 Å². The highest BCUT2D eigenvalue weighted by molar-refractivity contribution is 6.06. The summed E-state index contributed by atoms with van der Waals surface area (Å²) in [5.74, 6) is -0.321. The Hall–Kier alpha value is -4.45. The van der Waals surface area contributed by atoms with E-state index in [-0.39, 0.29) is 55.2 Å². The van der Waals surface area contributed by atoms with Crippen LogP contribution in [0.4, 0.5) is 11.4 Å². The van der Waals surface area contributed by atoms with E-state index in [1.807, 2.05) is 86.3 Å². The Morgan fingerprint density at radius 1 is 1.11 bits per heavy atom. The average molecular weight is 619 g/mol. The molecule has 0 radical (unpaired) electrons. The van der Waals surface area contributed by atoms with Crippen LogP contribution in [-0.4, -0.2) is 72.3 Å². The van der Waals surface area contributed by atoms with Gasteiger partial charge >= 0.3 is 5.97 Å². The summed E-state index contributed by atoms with van der Waals surface area (Å²) < 4.78 is 17.4. The topological polar surface area (TPSA) is 148 Å². The molecule has 11 nitrogen and oxygen atoms in total. The van der Waals surface area contributed by atoms with E-state index in [2.05, 4.69) is 23.1 Å². The van der Waals surface area contributed by atoms with E-state index in [0.717, 1.165) is 11.4 Å². The molecule has 0 saturated carbocycles. The summed E-state index contributed by atoms with van der Waals surface area (Å²) in [5.41, 5.74) is 15.0. The van der Waals surface area contributed by atoms with Crippen LogP contribution < -0.4 is 16.4 Å². The maximum atomic E-state index is 13.3. The molecule has 242 valence electrons. The second-order valence-electron chi connectivity index (χ2n) is 10.8. The molecule has 1 aliphatic rings. The quantitative estimate of drug-likeness (QED) is 0.121. The Balaban J connectivity index is 1.91. The third-order valence-electron chi connectivity index (χ3n) is 7.12. The predicted molar refractivity (Wildman–Crippen MR) is 179 cm³/mol. The van der Waals surface area contributed by atoms with Crippen molar-refractivity contribution in [3.05, 3.63) is 97.3 Å². The average Bonchev–Trinajstić information content (AvgIpc) is 3.43. The van der Waals surface area contributed by atoms with E-state index in [9.17, 15) is 9.90 Å². The van der Waals surface area contributed by atoms with Crippen LogP contribution in [0.1, 0.15) is 34.1 Å². The van der Waals surface area contributed by atoms with Crippen molar-refractivity contribution in [2.75, 3.05) is 31.2 Å². The first-order valence-electron chi connectivity index (χ1n) is 15.0. The lowest BCUT2D eigenvalue weighted by Gasteiger charge is -2.26. The molecule has 5 N–H and O–H groups in total. The molecule has 1 heterocycles. The number of anilines is 2. The molecule has 0 aliphatic carbocycles. The Bertz CT molecular complexity index is 1340. The predicted octanol–water partition coefficient (Wildman–Crippen LogP) is 4.44. The molecule has 1 unspecified atom stereocenters. The van der Waals surface area contributed by atoms with Crippen molar-refractivity contribution >= 4 is 29.0 Å². The molecule has 2 aromatic carbocycles. The molecule has 0 amide bonds. The van der Waals surface area contributed by atoms with E-state index in [1.54, 1.807) is 11.8 Å². The van der Waals surface area contributed by atoms with Crippen molar-refractivity contribution in [2.24, 2.45) is 27.4 Å². The Morgan fingerprint density at radius 2 is 1.71 bits per heavy atom. The monoisotopic (exact) mass is 618 g/mol. The normalized spacial score (nSPS) is 19.2. The zero-order valence-corrected chi connectivity index (χ0v) is 26.6. The van der Waals surface area contributed by atoms with Crippen LogP contribution in [0.3, 0.4) is 0 Å². The lowest BCUT2D eigenvalue weighted by atomic mass is 10.1. The summed E-state index contributed by atoms with van der Waals surface area (Å²) in [4.78, 5) is 25.9. The summed E-state index contributed by atoms with van der Waals surface area (Å²) in [6.45, 7) is 15.9. The number of esters is 1. The van der Waals surface area contributed by atoms with Crippen LogP contribution in [0.15, 0.2) is 107 Å². The molecule has 1 aliphatic heterocycles. The number of carbonyl (C=O) groups is 1. The van der Waals surface area contributed by atoms with Gasteiger partial charge < -0.3 is 40.6 Å². The molecule has 3 rings (SSSR count). The number of hydrogen-bond acceptors (Lipinski definition) is 9. The highest BCUT2D eigenvalue weighted by atomic mass is 16.6. The summed E-state index contributed by atoms with van der Waals surface area (Å²) in [7, 11) is 0. The summed E-state index contributed by atoms with van der Waals surface area (Å²) in [5, 5.41) is 9.80. The number of carbonyl (C=O) groups excluding carboxylic acids is 1. The zero-order chi connectivity index (χ0) is 32.9. The Kier molecular flexibility index (Phi) is 13.3. The zero-order valence-electron chi connectivity index (χ0n) is 26.6. The molecule has 11 heteroatoms. The highest BCUT2D eigenvalue weighted by Gasteiger charge is 2.36. The number of rotatable bonds is 14. The second kappa shape index (κ2) is 17.1. The van der Waals surface area contributed by atoms with Gasteiger partial charge in [0.2, 0.25) is 5.88 Å². The first kappa shape index (κ1) is 35.0. The third-order valence-corrected chi connectivity index (χ3v) is 7.12. The maximum Gasteiger partial charge on any atom is 0.332 e. The summed E-state index contributed by atoms with van der Waals surface area (Å²) in [6.07, 6.45) is 1.01. The molecule has 1 fully saturated rings. The smallest absolute Gasteiger partial charge is 0.332 e. The minimum Gasteiger partial charge on any atom is -0.406 e. The van der Waals surface area contributed by atoms with Crippen molar-refractivity contribution in [3.8, 4) is 0 Å². The molecule has 0 aromatic heterocycles. The number of ether oxygens (including phenoxy) is 3. The van der Waals surface area contributed by atoms with Gasteiger partial charge in [0.25, 0.3) is 0 Å². The largest absolute Gasteiger partial charge is 0.406 e. The fourth-order valence-electron chi connectivity index (χ4n) is 4.73. The fraction of sp³-hybridized carbons (Fsp3) is 0.382. The van der Waals surface area contributed by atoms with Gasteiger partial charge in [-0.25, -0.2) is 14.8 Å². The summed E-state index contributed by atoms with van der Waals surface area (Å²) in [6, 6.07) is 19.0. The number of amidine groups is 2. The molecule has 2 aromatic rings. The Labute approximate surface area is 266 Å². The number of nitrogens with zero attached hydrogens (tertiary/aromatic N) is 4. The van der Waals surface area contributed by atoms with Crippen LogP contribution in [-0.2, 0) is 19.0 Å². The molecular formula is C34H46N6O5. The molecule has 45 heavy (non-hydrogen) atoms. The number of nitrogens with two attached hydrogens (primary N) is 2. The van der Waals surface area contributed by atoms with Crippen molar-refractivity contribution < 1.29 is 24.1 Å². The van der Waals surface area contributed by atoms with Gasteiger partial charge in [0.05, 0.1) is 25.4 Å². The van der Waals surface area contributed by atoms with Gasteiger partial charge in [-0.15, -0.1) is 0 Å². The number of aliphatic hydroxyl groups excluding tert-OH is 1. The van der Waals surface area contributed by atoms with Gasteiger partial charge in [-0.1, -0.05) is 63.4 Å². The fourth-order valence-corrected chi connectivity index (χ4v) is 4.73. The van der Waals surface area contributed by atoms with Crippen LogP contribution in [0, 0.1) is 5.92 Å². The molecule has 0 spiro atoms. The maximum absolute atomic E-state index is 13.3. The lowest BCUT2D eigenvalue weighted by Crippen LogP contribution is -2.39. The number of para-hydroxylation sites is 2. The molecular weight excluding hydrogens is 572 g/mol. The van der Waals surface area contributed by atoms with Crippen molar-refractivity contribution in [2.45, 2.75) is 52.4 Å². The van der Waals surface area contributed by atoms with E-state index < -0.39 is 12.1 Å². The van der Waals surface area contributed by atoms with Crippen LogP contribution in [0.5, 0.6) is 0 Å². The molecule has 1 saturated heterocycles. The van der Waals surface area contributed by atoms with Crippen LogP contribution >= 0.6 is 0 Å². The number of allylic oxidation sites excluding steroid dienone is 1. The van der Waals surface area contributed by atoms with Gasteiger partial charge in [-0.05, 0) is 50.2 Å². The van der Waals surface area contributed by atoms with E-state index in [4.69, 9.17) is 25.7 Å². The van der Waals surface area contributed by atoms with Gasteiger partial charge in [-0.3, -0.25) is 0 Å². The lowest BCUT2D eigenvalue weighted by molar-refractivity contribution is -0.137. The van der Waals surface area contributed by atoms with Gasteiger partial charge in [0.15, 0.2) is 5.84 Å². The number of hydrogen-bond donors (Lipinski definition) is 3. The number of aliphatic imine (C=N–C) groups is 2. The van der Waals surface area contributed by atoms with Crippen molar-refractivity contribution in [3.63, 3.8) is 0 Å². The minimum atomic E-state index is -0.629.